The van der Waals surface area contributed by atoms with Gasteiger partial charge in [-0.15, -0.1) is 0 Å². The van der Waals surface area contributed by atoms with Crippen molar-refractivity contribution < 1.29 is 18.9 Å². The van der Waals surface area contributed by atoms with Crippen molar-refractivity contribution in [2.24, 2.45) is 0 Å². The van der Waals surface area contributed by atoms with Crippen molar-refractivity contribution in [1.29, 1.82) is 0 Å². The van der Waals surface area contributed by atoms with Crippen molar-refractivity contribution in [3.8, 4) is 0 Å². The van der Waals surface area contributed by atoms with Gasteiger partial charge in [0.15, 0.2) is 13.1 Å². The fraction of sp³-hybridized carbons (Fsp3) is 0.926. The van der Waals surface area contributed by atoms with Gasteiger partial charge in [0.25, 0.3) is 0 Å². The van der Waals surface area contributed by atoms with Crippen molar-refractivity contribution in [3.05, 3.63) is 12.3 Å². The van der Waals surface area contributed by atoms with Gasteiger partial charge in [-0.25, -0.2) is 0 Å². The van der Waals surface area contributed by atoms with Gasteiger partial charge in [-0.05, 0) is 51.0 Å². The molecule has 0 saturated heterocycles. The lowest BCUT2D eigenvalue weighted by Gasteiger charge is -2.18. The summed E-state index contributed by atoms with van der Waals surface area (Å²) in [4.78, 5) is 0. The molecule has 4 heteroatoms. The van der Waals surface area contributed by atoms with Crippen LogP contribution in [-0.4, -0.2) is 32.9 Å². The highest BCUT2D eigenvalue weighted by molar-refractivity contribution is 4.72. The molecule has 0 saturated carbocycles. The third-order valence-electron chi connectivity index (χ3n) is 5.31. The Hall–Kier alpha value is -0.580. The Morgan fingerprint density at radius 1 is 0.581 bits per heavy atom. The average molecular weight is 443 g/mol. The van der Waals surface area contributed by atoms with Crippen LogP contribution in [0.2, 0.25) is 0 Å². The van der Waals surface area contributed by atoms with Gasteiger partial charge in [-0.1, -0.05) is 85.0 Å². The van der Waals surface area contributed by atoms with E-state index < -0.39 is 0 Å². The van der Waals surface area contributed by atoms with Crippen LogP contribution in [0.3, 0.4) is 0 Å². The summed E-state index contributed by atoms with van der Waals surface area (Å²) in [6, 6.07) is 0. The Bertz CT molecular complexity index is 338. The maximum atomic E-state index is 5.79. The van der Waals surface area contributed by atoms with E-state index in [1.54, 1.807) is 6.26 Å². The predicted molar refractivity (Wildman–Crippen MR) is 132 cm³/mol. The Morgan fingerprint density at radius 3 is 1.77 bits per heavy atom. The third-order valence-corrected chi connectivity index (χ3v) is 5.31. The van der Waals surface area contributed by atoms with E-state index in [4.69, 9.17) is 18.9 Å². The molecule has 186 valence electrons. The molecular formula is C27H54O4. The summed E-state index contributed by atoms with van der Waals surface area (Å²) in [5, 5.41) is 0. The molecule has 0 aliphatic carbocycles. The molecule has 0 spiro atoms. The number of unbranched alkanes of at least 4 members (excludes halogenated alkanes) is 12. The van der Waals surface area contributed by atoms with E-state index in [0.29, 0.717) is 6.79 Å². The smallest absolute Gasteiger partial charge is 0.188 e. The number of hydrogen-bond acceptors (Lipinski definition) is 4. The number of hydrogen-bond donors (Lipinski definition) is 0. The standard InChI is InChI=1S/C27H54O4/c1-4-7-8-19-24-28-26-29-25-20-17-15-13-11-9-10-12-14-16-18-21-27(30-22-5-2)31-23-6-3/h20,25,27H,4-19,21-24,26H2,1-3H3. The van der Waals surface area contributed by atoms with Gasteiger partial charge in [0.05, 0.1) is 12.9 Å². The van der Waals surface area contributed by atoms with E-state index in [1.165, 1.54) is 77.0 Å². The van der Waals surface area contributed by atoms with Crippen LogP contribution < -0.4 is 0 Å². The second-order valence-electron chi connectivity index (χ2n) is 8.56. The minimum Gasteiger partial charge on any atom is -0.475 e. The zero-order valence-electron chi connectivity index (χ0n) is 21.2. The summed E-state index contributed by atoms with van der Waals surface area (Å²) in [5.74, 6) is 0. The van der Waals surface area contributed by atoms with Crippen LogP contribution in [0, 0.1) is 0 Å². The molecule has 0 aliphatic heterocycles. The molecule has 0 rings (SSSR count). The zero-order chi connectivity index (χ0) is 22.7. The first-order valence-electron chi connectivity index (χ1n) is 13.4. The summed E-state index contributed by atoms with van der Waals surface area (Å²) in [6.45, 7) is 9.35. The van der Waals surface area contributed by atoms with Gasteiger partial charge < -0.3 is 18.9 Å². The van der Waals surface area contributed by atoms with Crippen molar-refractivity contribution >= 4 is 0 Å². The minimum atomic E-state index is 0.0161. The Morgan fingerprint density at radius 2 is 1.16 bits per heavy atom. The Labute approximate surface area is 194 Å². The van der Waals surface area contributed by atoms with Crippen molar-refractivity contribution in [3.63, 3.8) is 0 Å². The van der Waals surface area contributed by atoms with Gasteiger partial charge in [-0.3, -0.25) is 0 Å². The van der Waals surface area contributed by atoms with E-state index >= 15 is 0 Å². The lowest BCUT2D eigenvalue weighted by atomic mass is 10.1. The second-order valence-corrected chi connectivity index (χ2v) is 8.56. The maximum Gasteiger partial charge on any atom is 0.188 e. The van der Waals surface area contributed by atoms with E-state index in [9.17, 15) is 0 Å². The van der Waals surface area contributed by atoms with Crippen LogP contribution in [0.4, 0.5) is 0 Å². The van der Waals surface area contributed by atoms with Crippen LogP contribution >= 0.6 is 0 Å². The predicted octanol–water partition coefficient (Wildman–Crippen LogP) is 8.54. The van der Waals surface area contributed by atoms with Gasteiger partial charge in [-0.2, -0.15) is 0 Å². The average Bonchev–Trinajstić information content (AvgIpc) is 2.79. The molecule has 0 N–H and O–H groups in total. The third kappa shape index (κ3) is 25.6. The van der Waals surface area contributed by atoms with Gasteiger partial charge in [0.2, 0.25) is 0 Å². The molecule has 0 bridgehead atoms. The van der Waals surface area contributed by atoms with Crippen molar-refractivity contribution in [1.82, 2.24) is 0 Å². The Balaban J connectivity index is 3.28. The molecule has 0 amide bonds. The van der Waals surface area contributed by atoms with Crippen molar-refractivity contribution in [2.45, 2.75) is 136 Å². The molecule has 0 aliphatic rings. The van der Waals surface area contributed by atoms with Gasteiger partial charge >= 0.3 is 0 Å². The molecule has 0 radical (unpaired) electrons. The molecule has 0 aromatic heterocycles. The fourth-order valence-electron chi connectivity index (χ4n) is 3.44. The van der Waals surface area contributed by atoms with Crippen LogP contribution in [0.1, 0.15) is 130 Å². The van der Waals surface area contributed by atoms with E-state index in [-0.39, 0.29) is 6.29 Å². The highest BCUT2D eigenvalue weighted by atomic mass is 16.7. The summed E-state index contributed by atoms with van der Waals surface area (Å²) in [7, 11) is 0. The molecule has 0 heterocycles. The first kappa shape index (κ1) is 30.4. The number of allylic oxidation sites excluding steroid dienone is 1. The van der Waals surface area contributed by atoms with Crippen LogP contribution in [-0.2, 0) is 18.9 Å². The monoisotopic (exact) mass is 442 g/mol. The summed E-state index contributed by atoms with van der Waals surface area (Å²) >= 11 is 0. The van der Waals surface area contributed by atoms with Crippen molar-refractivity contribution in [2.75, 3.05) is 26.6 Å². The Kier molecular flexibility index (Phi) is 26.9. The topological polar surface area (TPSA) is 36.9 Å². The quantitative estimate of drug-likeness (QED) is 0.0764. The summed E-state index contributed by atoms with van der Waals surface area (Å²) in [6.07, 6.45) is 25.1. The minimum absolute atomic E-state index is 0.0161. The number of rotatable bonds is 26. The first-order valence-corrected chi connectivity index (χ1v) is 13.4. The molecule has 0 aromatic rings. The van der Waals surface area contributed by atoms with Crippen LogP contribution in [0.5, 0.6) is 0 Å². The van der Waals surface area contributed by atoms with Gasteiger partial charge in [0.1, 0.15) is 0 Å². The lowest BCUT2D eigenvalue weighted by Crippen LogP contribution is -2.18. The van der Waals surface area contributed by atoms with E-state index in [1.807, 2.05) is 0 Å². The molecule has 4 nitrogen and oxygen atoms in total. The SMILES string of the molecule is CCCCCCOCOC=CCCCCCCCCCCCC(OCCC)OCCC. The molecule has 0 fully saturated rings. The van der Waals surface area contributed by atoms with Gasteiger partial charge in [0, 0.05) is 13.2 Å². The zero-order valence-corrected chi connectivity index (χ0v) is 21.2. The number of ether oxygens (including phenoxy) is 4. The normalized spacial score (nSPS) is 11.7. The van der Waals surface area contributed by atoms with Crippen LogP contribution in [0.15, 0.2) is 12.3 Å². The molecule has 0 unspecified atom stereocenters. The lowest BCUT2D eigenvalue weighted by molar-refractivity contribution is -0.146. The van der Waals surface area contributed by atoms with Crippen LogP contribution in [0.25, 0.3) is 0 Å². The largest absolute Gasteiger partial charge is 0.475 e. The molecule has 0 atom stereocenters. The molecule has 0 aromatic carbocycles. The first-order chi connectivity index (χ1) is 15.3. The summed E-state index contributed by atoms with van der Waals surface area (Å²) in [5.41, 5.74) is 0. The highest BCUT2D eigenvalue weighted by Crippen LogP contribution is 2.14. The second kappa shape index (κ2) is 27.5. The fourth-order valence-corrected chi connectivity index (χ4v) is 3.44. The van der Waals surface area contributed by atoms with E-state index in [0.717, 1.165) is 51.9 Å². The summed E-state index contributed by atoms with van der Waals surface area (Å²) < 4.78 is 22.4. The van der Waals surface area contributed by atoms with E-state index in [2.05, 4.69) is 26.8 Å². The maximum absolute atomic E-state index is 5.79. The molecule has 31 heavy (non-hydrogen) atoms. The molecular weight excluding hydrogens is 388 g/mol. The highest BCUT2D eigenvalue weighted by Gasteiger charge is 2.08.